The maximum atomic E-state index is 12.5. The van der Waals surface area contributed by atoms with E-state index in [-0.39, 0.29) is 12.1 Å². The van der Waals surface area contributed by atoms with E-state index in [2.05, 4.69) is 0 Å². The van der Waals surface area contributed by atoms with Crippen molar-refractivity contribution in [3.05, 3.63) is 23.8 Å². The van der Waals surface area contributed by atoms with Crippen LogP contribution in [-0.2, 0) is 9.53 Å². The van der Waals surface area contributed by atoms with Gasteiger partial charge in [0, 0.05) is 12.8 Å². The summed E-state index contributed by atoms with van der Waals surface area (Å²) in [5.74, 6) is 1.12. The first-order valence-electron chi connectivity index (χ1n) is 8.97. The number of aryl methyl sites for hydroxylation is 1. The first-order chi connectivity index (χ1) is 11.3. The van der Waals surface area contributed by atoms with E-state index in [0.29, 0.717) is 18.6 Å². The molecule has 1 aromatic carbocycles. The molecule has 0 radical (unpaired) electrons. The van der Waals surface area contributed by atoms with Gasteiger partial charge in [-0.1, -0.05) is 6.07 Å². The summed E-state index contributed by atoms with van der Waals surface area (Å²) < 4.78 is 17.8. The van der Waals surface area contributed by atoms with Gasteiger partial charge in [0.1, 0.15) is 5.60 Å². The summed E-state index contributed by atoms with van der Waals surface area (Å²) in [5.41, 5.74) is -0.260. The van der Waals surface area contributed by atoms with E-state index in [4.69, 9.17) is 14.2 Å². The van der Waals surface area contributed by atoms with Crippen LogP contribution in [0.2, 0.25) is 0 Å². The zero-order chi connectivity index (χ0) is 17.4. The van der Waals surface area contributed by atoms with Crippen LogP contribution >= 0.6 is 0 Å². The predicted octanol–water partition coefficient (Wildman–Crippen LogP) is 4.57. The van der Waals surface area contributed by atoms with E-state index in [9.17, 15) is 4.79 Å². The van der Waals surface area contributed by atoms with Gasteiger partial charge in [0.05, 0.1) is 6.10 Å². The molecule has 0 aliphatic heterocycles. The first kappa shape index (κ1) is 17.1. The number of hydrogen-bond donors (Lipinski definition) is 0. The maximum Gasteiger partial charge on any atom is 0.351 e. The number of benzene rings is 1. The highest BCUT2D eigenvalue weighted by atomic mass is 16.6. The van der Waals surface area contributed by atoms with Gasteiger partial charge in [-0.25, -0.2) is 4.79 Å². The summed E-state index contributed by atoms with van der Waals surface area (Å²) in [6.45, 7) is 7.64. The van der Waals surface area contributed by atoms with E-state index in [0.717, 1.165) is 24.2 Å². The molecule has 2 aliphatic rings. The van der Waals surface area contributed by atoms with Crippen LogP contribution in [0.3, 0.4) is 0 Å². The fraction of sp³-hybridized carbons (Fsp3) is 0.650. The summed E-state index contributed by atoms with van der Waals surface area (Å²) in [6.07, 6.45) is 6.25. The zero-order valence-electron chi connectivity index (χ0n) is 15.2. The van der Waals surface area contributed by atoms with E-state index >= 15 is 0 Å². The Bertz CT molecular complexity index is 605. The highest BCUT2D eigenvalue weighted by molar-refractivity contribution is 5.83. The van der Waals surface area contributed by atoms with Crippen molar-refractivity contribution in [2.45, 2.75) is 83.5 Å². The molecule has 4 heteroatoms. The molecule has 2 saturated carbocycles. The van der Waals surface area contributed by atoms with Gasteiger partial charge in [-0.05, 0) is 71.1 Å². The summed E-state index contributed by atoms with van der Waals surface area (Å²) >= 11 is 0. The fourth-order valence-electron chi connectivity index (χ4n) is 3.02. The normalized spacial score (nSPS) is 19.8. The van der Waals surface area contributed by atoms with Crippen LogP contribution in [0.5, 0.6) is 11.5 Å². The first-order valence-corrected chi connectivity index (χ1v) is 8.97. The van der Waals surface area contributed by atoms with E-state index in [1.54, 1.807) is 0 Å². The standard InChI is InChI=1S/C20H28O4/c1-14-9-10-16(22-15-7-5-6-8-15)17(13-14)23-20(11-12-20)18(21)24-19(2,3)4/h9-10,13,15H,5-8,11-12H2,1-4H3. The van der Waals surface area contributed by atoms with Crippen molar-refractivity contribution in [2.24, 2.45) is 0 Å². The number of ether oxygens (including phenoxy) is 3. The second-order valence-corrected chi connectivity index (χ2v) is 8.07. The largest absolute Gasteiger partial charge is 0.487 e. The summed E-state index contributed by atoms with van der Waals surface area (Å²) in [5, 5.41) is 0. The van der Waals surface area contributed by atoms with Gasteiger partial charge in [0.15, 0.2) is 11.5 Å². The lowest BCUT2D eigenvalue weighted by molar-refractivity contribution is -0.165. The Kier molecular flexibility index (Phi) is 4.50. The molecule has 0 heterocycles. The molecule has 0 unspecified atom stereocenters. The van der Waals surface area contributed by atoms with Crippen LogP contribution in [0.25, 0.3) is 0 Å². The van der Waals surface area contributed by atoms with E-state index < -0.39 is 11.2 Å². The van der Waals surface area contributed by atoms with Crippen molar-refractivity contribution in [2.75, 3.05) is 0 Å². The van der Waals surface area contributed by atoms with Crippen LogP contribution in [0.4, 0.5) is 0 Å². The Morgan fingerprint density at radius 2 is 1.79 bits per heavy atom. The van der Waals surface area contributed by atoms with Gasteiger partial charge in [0.2, 0.25) is 5.60 Å². The van der Waals surface area contributed by atoms with Crippen molar-refractivity contribution in [3.8, 4) is 11.5 Å². The predicted molar refractivity (Wildman–Crippen MR) is 92.5 cm³/mol. The third kappa shape index (κ3) is 4.03. The molecule has 0 atom stereocenters. The van der Waals surface area contributed by atoms with Crippen molar-refractivity contribution < 1.29 is 19.0 Å². The lowest BCUT2D eigenvalue weighted by Gasteiger charge is -2.25. The average Bonchev–Trinajstić information content (AvgIpc) is 3.07. The van der Waals surface area contributed by atoms with Crippen molar-refractivity contribution >= 4 is 5.97 Å². The molecule has 0 amide bonds. The number of carbonyl (C=O) groups excluding carboxylic acids is 1. The molecule has 0 aromatic heterocycles. The average molecular weight is 332 g/mol. The second kappa shape index (κ2) is 6.30. The SMILES string of the molecule is Cc1ccc(OC2CCCC2)c(OC2(C(=O)OC(C)(C)C)CC2)c1. The molecular weight excluding hydrogens is 304 g/mol. The van der Waals surface area contributed by atoms with Crippen molar-refractivity contribution in [1.29, 1.82) is 0 Å². The Morgan fingerprint density at radius 3 is 2.38 bits per heavy atom. The van der Waals surface area contributed by atoms with Gasteiger partial charge in [0.25, 0.3) is 0 Å². The number of hydrogen-bond acceptors (Lipinski definition) is 4. The number of rotatable bonds is 5. The molecule has 2 fully saturated rings. The molecule has 2 aliphatic carbocycles. The molecule has 0 N–H and O–H groups in total. The molecule has 132 valence electrons. The van der Waals surface area contributed by atoms with Crippen molar-refractivity contribution in [1.82, 2.24) is 0 Å². The molecule has 0 saturated heterocycles. The van der Waals surface area contributed by atoms with Crippen LogP contribution in [-0.4, -0.2) is 23.3 Å². The Labute approximate surface area is 144 Å². The van der Waals surface area contributed by atoms with Crippen molar-refractivity contribution in [3.63, 3.8) is 0 Å². The summed E-state index contributed by atoms with van der Waals surface area (Å²) in [4.78, 5) is 12.5. The van der Waals surface area contributed by atoms with Gasteiger partial charge < -0.3 is 14.2 Å². The molecule has 3 rings (SSSR count). The van der Waals surface area contributed by atoms with Crippen LogP contribution < -0.4 is 9.47 Å². The molecule has 0 spiro atoms. The second-order valence-electron chi connectivity index (χ2n) is 8.07. The van der Waals surface area contributed by atoms with Gasteiger partial charge in [-0.3, -0.25) is 0 Å². The molecule has 1 aromatic rings. The number of carbonyl (C=O) groups is 1. The quantitative estimate of drug-likeness (QED) is 0.741. The third-order valence-corrected chi connectivity index (χ3v) is 4.48. The highest BCUT2D eigenvalue weighted by Gasteiger charge is 2.56. The van der Waals surface area contributed by atoms with Crippen LogP contribution in [0, 0.1) is 6.92 Å². The van der Waals surface area contributed by atoms with Gasteiger partial charge >= 0.3 is 5.97 Å². The lowest BCUT2D eigenvalue weighted by Crippen LogP contribution is -2.37. The van der Waals surface area contributed by atoms with E-state index in [1.165, 1.54) is 12.8 Å². The fourth-order valence-corrected chi connectivity index (χ4v) is 3.02. The highest BCUT2D eigenvalue weighted by Crippen LogP contribution is 2.45. The van der Waals surface area contributed by atoms with Gasteiger partial charge in [-0.2, -0.15) is 0 Å². The van der Waals surface area contributed by atoms with Crippen LogP contribution in [0.1, 0.15) is 64.9 Å². The molecule has 24 heavy (non-hydrogen) atoms. The lowest BCUT2D eigenvalue weighted by atomic mass is 10.2. The maximum absolute atomic E-state index is 12.5. The topological polar surface area (TPSA) is 44.8 Å². The monoisotopic (exact) mass is 332 g/mol. The minimum atomic E-state index is -0.838. The summed E-state index contributed by atoms with van der Waals surface area (Å²) in [7, 11) is 0. The molecule has 4 nitrogen and oxygen atoms in total. The Hall–Kier alpha value is -1.71. The summed E-state index contributed by atoms with van der Waals surface area (Å²) in [6, 6.07) is 5.92. The minimum absolute atomic E-state index is 0.256. The molecular formula is C20H28O4. The van der Waals surface area contributed by atoms with Gasteiger partial charge in [-0.15, -0.1) is 0 Å². The van der Waals surface area contributed by atoms with E-state index in [1.807, 2.05) is 45.9 Å². The Balaban J connectivity index is 1.76. The number of esters is 1. The molecule has 0 bridgehead atoms. The third-order valence-electron chi connectivity index (χ3n) is 4.48. The Morgan fingerprint density at radius 1 is 1.12 bits per heavy atom. The smallest absolute Gasteiger partial charge is 0.351 e. The zero-order valence-corrected chi connectivity index (χ0v) is 15.2. The minimum Gasteiger partial charge on any atom is -0.487 e. The van der Waals surface area contributed by atoms with Crippen LogP contribution in [0.15, 0.2) is 18.2 Å².